The molecule has 0 aliphatic carbocycles. The van der Waals surface area contributed by atoms with Crippen LogP contribution >= 0.6 is 0 Å². The molecule has 1 aromatic carbocycles. The lowest BCUT2D eigenvalue weighted by Gasteiger charge is -2.18. The molecule has 4 rings (SSSR count). The molecule has 0 bridgehead atoms. The fourth-order valence-electron chi connectivity index (χ4n) is 3.75. The average Bonchev–Trinajstić information content (AvgIpc) is 3.30. The monoisotopic (exact) mass is 463 g/mol. The number of nitrogens with zero attached hydrogens (tertiary/aromatic N) is 4. The van der Waals surface area contributed by atoms with E-state index in [2.05, 4.69) is 25.1 Å². The van der Waals surface area contributed by atoms with Crippen LogP contribution in [0.4, 0.5) is 0 Å². The van der Waals surface area contributed by atoms with Crippen LogP contribution in [0.5, 0.6) is 17.2 Å². The summed E-state index contributed by atoms with van der Waals surface area (Å²) in [6.45, 7) is 2.05. The highest BCUT2D eigenvalue weighted by molar-refractivity contribution is 5.86. The van der Waals surface area contributed by atoms with Crippen LogP contribution in [0.25, 0.3) is 22.6 Å². The Morgan fingerprint density at radius 1 is 1.06 bits per heavy atom. The maximum absolute atomic E-state index is 13.1. The third-order valence-corrected chi connectivity index (χ3v) is 5.35. The van der Waals surface area contributed by atoms with Crippen molar-refractivity contribution in [2.24, 2.45) is 0 Å². The standard InChI is InChI=1S/C24H25N5O5/c1-4-5-7-15-19(20-16(32-2)8-6-9-17(20)33-3)22(30)21(23(31)27-15)24-29-28-18(34-24)12-14-13-25-10-11-26-14/h6,8-11,13H,4-5,7,12H2,1-3H3,(H2,27,30,31). The molecule has 0 aliphatic rings. The number of H-pyrrole nitrogens is 1. The lowest BCUT2D eigenvalue weighted by atomic mass is 9.96. The maximum atomic E-state index is 13.1. The molecule has 34 heavy (non-hydrogen) atoms. The van der Waals surface area contributed by atoms with Gasteiger partial charge in [0.2, 0.25) is 5.89 Å². The number of benzene rings is 1. The number of aromatic amines is 1. The van der Waals surface area contributed by atoms with E-state index in [9.17, 15) is 9.90 Å². The third kappa shape index (κ3) is 4.47. The molecule has 176 valence electrons. The van der Waals surface area contributed by atoms with E-state index in [1.54, 1.807) is 36.8 Å². The summed E-state index contributed by atoms with van der Waals surface area (Å²) in [4.78, 5) is 24.2. The summed E-state index contributed by atoms with van der Waals surface area (Å²) < 4.78 is 16.8. The van der Waals surface area contributed by atoms with Gasteiger partial charge in [0.15, 0.2) is 0 Å². The fourth-order valence-corrected chi connectivity index (χ4v) is 3.75. The number of pyridine rings is 1. The summed E-state index contributed by atoms with van der Waals surface area (Å²) in [5, 5.41) is 19.4. The molecular formula is C24H25N5O5. The zero-order chi connectivity index (χ0) is 24.1. The minimum atomic E-state index is -0.532. The first-order valence-electron chi connectivity index (χ1n) is 10.8. The predicted molar refractivity (Wildman–Crippen MR) is 124 cm³/mol. The molecule has 0 unspecified atom stereocenters. The Kier molecular flexibility index (Phi) is 6.86. The Morgan fingerprint density at radius 2 is 1.82 bits per heavy atom. The number of aryl methyl sites for hydroxylation is 1. The van der Waals surface area contributed by atoms with Crippen LogP contribution in [-0.4, -0.2) is 44.5 Å². The number of methoxy groups -OCH3 is 2. The molecule has 0 atom stereocenters. The van der Waals surface area contributed by atoms with Crippen LogP contribution in [0.2, 0.25) is 0 Å². The zero-order valence-corrected chi connectivity index (χ0v) is 19.2. The van der Waals surface area contributed by atoms with Crippen LogP contribution in [-0.2, 0) is 12.8 Å². The third-order valence-electron chi connectivity index (χ3n) is 5.35. The molecule has 0 saturated heterocycles. The second-order valence-electron chi connectivity index (χ2n) is 7.55. The topological polar surface area (TPSA) is 136 Å². The number of ether oxygens (including phenoxy) is 2. The number of hydrogen-bond acceptors (Lipinski definition) is 9. The van der Waals surface area contributed by atoms with Crippen LogP contribution < -0.4 is 15.0 Å². The number of aromatic hydroxyl groups is 1. The first-order chi connectivity index (χ1) is 16.6. The Morgan fingerprint density at radius 3 is 2.47 bits per heavy atom. The number of nitrogens with one attached hydrogen (secondary N) is 1. The van der Waals surface area contributed by atoms with Gasteiger partial charge in [0.05, 0.1) is 37.5 Å². The number of unbranched alkanes of at least 4 members (excludes halogenated alkanes) is 1. The first kappa shape index (κ1) is 23.0. The minimum absolute atomic E-state index is 0.102. The number of aromatic nitrogens is 5. The van der Waals surface area contributed by atoms with E-state index in [0.29, 0.717) is 40.4 Å². The molecule has 0 fully saturated rings. The average molecular weight is 463 g/mol. The van der Waals surface area contributed by atoms with Crippen molar-refractivity contribution in [1.82, 2.24) is 25.1 Å². The molecule has 3 aromatic heterocycles. The molecule has 0 amide bonds. The van der Waals surface area contributed by atoms with E-state index in [4.69, 9.17) is 13.9 Å². The second-order valence-corrected chi connectivity index (χ2v) is 7.55. The SMILES string of the molecule is CCCCc1[nH]c(=O)c(-c2nnc(Cc3cnccn3)o2)c(O)c1-c1c(OC)cccc1OC. The van der Waals surface area contributed by atoms with Gasteiger partial charge >= 0.3 is 0 Å². The van der Waals surface area contributed by atoms with Crippen molar-refractivity contribution in [2.45, 2.75) is 32.6 Å². The highest BCUT2D eigenvalue weighted by Gasteiger charge is 2.27. The van der Waals surface area contributed by atoms with E-state index in [1.165, 1.54) is 14.2 Å². The normalized spacial score (nSPS) is 10.9. The van der Waals surface area contributed by atoms with Gasteiger partial charge < -0.3 is 24.0 Å². The van der Waals surface area contributed by atoms with Gasteiger partial charge in [0.25, 0.3) is 11.4 Å². The molecule has 10 heteroatoms. The molecular weight excluding hydrogens is 438 g/mol. The van der Waals surface area contributed by atoms with Crippen LogP contribution in [0, 0.1) is 0 Å². The van der Waals surface area contributed by atoms with Crippen molar-refractivity contribution >= 4 is 0 Å². The van der Waals surface area contributed by atoms with Gasteiger partial charge in [-0.1, -0.05) is 19.4 Å². The Bertz CT molecular complexity index is 1310. The van der Waals surface area contributed by atoms with Crippen molar-refractivity contribution < 1.29 is 19.0 Å². The predicted octanol–water partition coefficient (Wildman–Crippen LogP) is 3.54. The molecule has 10 nitrogen and oxygen atoms in total. The molecule has 0 saturated carbocycles. The van der Waals surface area contributed by atoms with Crippen molar-refractivity contribution in [2.75, 3.05) is 14.2 Å². The lowest BCUT2D eigenvalue weighted by molar-refractivity contribution is 0.396. The van der Waals surface area contributed by atoms with Gasteiger partial charge in [-0.05, 0) is 25.0 Å². The van der Waals surface area contributed by atoms with Crippen LogP contribution in [0.15, 0.2) is 46.0 Å². The van der Waals surface area contributed by atoms with Gasteiger partial charge in [-0.3, -0.25) is 14.8 Å². The van der Waals surface area contributed by atoms with Crippen molar-refractivity contribution in [3.8, 4) is 39.8 Å². The van der Waals surface area contributed by atoms with Gasteiger partial charge in [0, 0.05) is 24.3 Å². The van der Waals surface area contributed by atoms with Crippen LogP contribution in [0.1, 0.15) is 37.0 Å². The van der Waals surface area contributed by atoms with Crippen molar-refractivity contribution in [3.63, 3.8) is 0 Å². The number of rotatable bonds is 9. The fraction of sp³-hybridized carbons (Fsp3) is 0.292. The molecule has 2 N–H and O–H groups in total. The largest absolute Gasteiger partial charge is 0.506 e. The molecule has 0 aliphatic heterocycles. The van der Waals surface area contributed by atoms with E-state index in [1.807, 2.05) is 6.92 Å². The van der Waals surface area contributed by atoms with Crippen LogP contribution in [0.3, 0.4) is 0 Å². The highest BCUT2D eigenvalue weighted by atomic mass is 16.5. The minimum Gasteiger partial charge on any atom is -0.506 e. The summed E-state index contributed by atoms with van der Waals surface area (Å²) in [7, 11) is 3.06. The number of hydrogen-bond donors (Lipinski definition) is 2. The molecule has 0 radical (unpaired) electrons. The zero-order valence-electron chi connectivity index (χ0n) is 19.2. The molecule has 3 heterocycles. The van der Waals surface area contributed by atoms with E-state index in [-0.39, 0.29) is 29.5 Å². The van der Waals surface area contributed by atoms with E-state index in [0.717, 1.165) is 12.8 Å². The molecule has 4 aromatic rings. The van der Waals surface area contributed by atoms with Gasteiger partial charge in [-0.25, -0.2) is 0 Å². The van der Waals surface area contributed by atoms with Crippen molar-refractivity contribution in [1.29, 1.82) is 0 Å². The summed E-state index contributed by atoms with van der Waals surface area (Å²) in [6.07, 6.45) is 7.20. The summed E-state index contributed by atoms with van der Waals surface area (Å²) in [5.41, 5.74) is 1.45. The first-order valence-corrected chi connectivity index (χ1v) is 10.8. The van der Waals surface area contributed by atoms with Gasteiger partial charge in [-0.15, -0.1) is 10.2 Å². The Labute approximate surface area is 195 Å². The maximum Gasteiger partial charge on any atom is 0.264 e. The van der Waals surface area contributed by atoms with Crippen molar-refractivity contribution in [3.05, 3.63) is 64.4 Å². The van der Waals surface area contributed by atoms with Gasteiger partial charge in [-0.2, -0.15) is 0 Å². The lowest BCUT2D eigenvalue weighted by Crippen LogP contribution is -2.14. The highest BCUT2D eigenvalue weighted by Crippen LogP contribution is 2.46. The smallest absolute Gasteiger partial charge is 0.264 e. The Balaban J connectivity index is 1.88. The van der Waals surface area contributed by atoms with E-state index >= 15 is 0 Å². The van der Waals surface area contributed by atoms with E-state index < -0.39 is 5.56 Å². The summed E-state index contributed by atoms with van der Waals surface area (Å²) in [5.74, 6) is 0.821. The molecule has 0 spiro atoms. The Hall–Kier alpha value is -4.21. The second kappa shape index (κ2) is 10.2. The summed E-state index contributed by atoms with van der Waals surface area (Å²) in [6, 6.07) is 5.31. The summed E-state index contributed by atoms with van der Waals surface area (Å²) >= 11 is 0. The quantitative estimate of drug-likeness (QED) is 0.382. The van der Waals surface area contributed by atoms with Gasteiger partial charge in [0.1, 0.15) is 22.8 Å².